The number of nitrogens with zero attached hydrogens (tertiary/aromatic N) is 1. The first-order valence-electron chi connectivity index (χ1n) is 24.6. The summed E-state index contributed by atoms with van der Waals surface area (Å²) in [6.45, 7) is 4.69. The molecule has 0 aromatic heterocycles. The van der Waals surface area contributed by atoms with Crippen molar-refractivity contribution in [2.75, 3.05) is 41.0 Å². The first-order chi connectivity index (χ1) is 27.6. The van der Waals surface area contributed by atoms with Crippen molar-refractivity contribution >= 4 is 17.9 Å². The number of carbonyl (C=O) groups is 3. The third-order valence-corrected chi connectivity index (χ3v) is 11.5. The molecular formula is C49H95NO7. The molecule has 0 heterocycles. The fourth-order valence-corrected chi connectivity index (χ4v) is 7.66. The Kier molecular flexibility index (Phi) is 39.9. The molecule has 0 N–H and O–H groups in total. The summed E-state index contributed by atoms with van der Waals surface area (Å²) in [4.78, 5) is 36.8. The highest BCUT2D eigenvalue weighted by molar-refractivity contribution is 5.70. The Morgan fingerprint density at radius 1 is 0.456 bits per heavy atom. The first-order valence-corrected chi connectivity index (χ1v) is 24.6. The molecular weight excluding hydrogens is 715 g/mol. The Morgan fingerprint density at radius 2 is 0.772 bits per heavy atom. The lowest BCUT2D eigenvalue weighted by Crippen LogP contribution is -2.55. The van der Waals surface area contributed by atoms with Gasteiger partial charge in [0.2, 0.25) is 0 Å². The average molecular weight is 810 g/mol. The molecule has 0 aromatic carbocycles. The van der Waals surface area contributed by atoms with E-state index in [0.29, 0.717) is 12.8 Å². The van der Waals surface area contributed by atoms with Crippen molar-refractivity contribution in [2.45, 2.75) is 257 Å². The summed E-state index contributed by atoms with van der Waals surface area (Å²) in [6, 6.07) is -0.719. The van der Waals surface area contributed by atoms with Crippen LogP contribution in [0.2, 0.25) is 0 Å². The van der Waals surface area contributed by atoms with E-state index in [1.165, 1.54) is 173 Å². The van der Waals surface area contributed by atoms with Gasteiger partial charge >= 0.3 is 11.9 Å². The summed E-state index contributed by atoms with van der Waals surface area (Å²) in [7, 11) is 5.42. The Morgan fingerprint density at radius 3 is 1.09 bits per heavy atom. The topological polar surface area (TPSA) is 102 Å². The smallest absolute Gasteiger partial charge is 0.306 e. The number of carboxylic acid groups (broad SMARTS) is 1. The summed E-state index contributed by atoms with van der Waals surface area (Å²) in [5, 5.41) is 11.6. The average Bonchev–Trinajstić information content (AvgIpc) is 3.17. The zero-order chi connectivity index (χ0) is 42.1. The molecule has 8 heteroatoms. The van der Waals surface area contributed by atoms with Crippen molar-refractivity contribution in [3.05, 3.63) is 0 Å². The lowest BCUT2D eigenvalue weighted by Gasteiger charge is -2.34. The van der Waals surface area contributed by atoms with E-state index in [2.05, 4.69) is 13.8 Å². The SMILES string of the molecule is CCCCCCCCCCCCCCCCCCCCCCCCCC(=O)OCC(COCCC(C(=O)[O-])[N+](C)(C)C)OC(=O)CCCCCCCCCCCC. The number of likely N-dealkylation sites (N-methyl/N-ethyl adjacent to an activating group) is 1. The fourth-order valence-electron chi connectivity index (χ4n) is 7.66. The van der Waals surface area contributed by atoms with E-state index >= 15 is 0 Å². The van der Waals surface area contributed by atoms with Gasteiger partial charge in [-0.05, 0) is 12.8 Å². The number of carbonyl (C=O) groups excluding carboxylic acids is 3. The van der Waals surface area contributed by atoms with E-state index in [1.54, 1.807) is 21.1 Å². The number of rotatable bonds is 45. The second-order valence-corrected chi connectivity index (χ2v) is 18.1. The van der Waals surface area contributed by atoms with Crippen LogP contribution in [0.5, 0.6) is 0 Å². The highest BCUT2D eigenvalue weighted by Gasteiger charge is 2.25. The Hall–Kier alpha value is -1.67. The minimum Gasteiger partial charge on any atom is -0.544 e. The van der Waals surface area contributed by atoms with Crippen LogP contribution >= 0.6 is 0 Å². The molecule has 2 atom stereocenters. The van der Waals surface area contributed by atoms with E-state index in [4.69, 9.17) is 14.2 Å². The van der Waals surface area contributed by atoms with E-state index in [-0.39, 0.29) is 42.7 Å². The minimum atomic E-state index is -1.12. The van der Waals surface area contributed by atoms with Gasteiger partial charge in [-0.1, -0.05) is 213 Å². The summed E-state index contributed by atoms with van der Waals surface area (Å²) in [5.41, 5.74) is 0. The van der Waals surface area contributed by atoms with Gasteiger partial charge in [0, 0.05) is 19.3 Å². The standard InChI is InChI=1S/C49H95NO7/c1-6-8-10-12-14-16-18-19-20-21-22-23-24-25-26-27-28-29-30-32-33-35-37-39-47(51)56-44-45(43-55-42-41-46(49(53)54)50(3,4)5)57-48(52)40-38-36-34-31-17-15-13-11-9-7-2/h45-46H,6-44H2,1-5H3. The summed E-state index contributed by atoms with van der Waals surface area (Å²) >= 11 is 0. The maximum Gasteiger partial charge on any atom is 0.306 e. The van der Waals surface area contributed by atoms with Crippen LogP contribution < -0.4 is 5.11 Å². The number of hydrogen-bond donors (Lipinski definition) is 0. The zero-order valence-electron chi connectivity index (χ0n) is 38.5. The number of ether oxygens (including phenoxy) is 3. The molecule has 0 aromatic rings. The van der Waals surface area contributed by atoms with Crippen molar-refractivity contribution in [1.29, 1.82) is 0 Å². The van der Waals surface area contributed by atoms with E-state index in [9.17, 15) is 19.5 Å². The highest BCUT2D eigenvalue weighted by Crippen LogP contribution is 2.17. The Labute approximate surface area is 353 Å². The van der Waals surface area contributed by atoms with Gasteiger partial charge in [-0.25, -0.2) is 0 Å². The quantitative estimate of drug-likeness (QED) is 0.0343. The predicted octanol–water partition coefficient (Wildman–Crippen LogP) is 12.4. The molecule has 0 rings (SSSR count). The van der Waals surface area contributed by atoms with Gasteiger partial charge in [0.05, 0.1) is 40.3 Å². The molecule has 0 saturated heterocycles. The monoisotopic (exact) mass is 810 g/mol. The maximum absolute atomic E-state index is 12.7. The van der Waals surface area contributed by atoms with Gasteiger partial charge in [0.1, 0.15) is 12.6 Å². The van der Waals surface area contributed by atoms with Crippen LogP contribution in [0.25, 0.3) is 0 Å². The minimum absolute atomic E-state index is 0.0490. The lowest BCUT2D eigenvalue weighted by atomic mass is 10.0. The van der Waals surface area contributed by atoms with Crippen LogP contribution in [0.4, 0.5) is 0 Å². The Bertz CT molecular complexity index is 905. The van der Waals surface area contributed by atoms with E-state index < -0.39 is 18.1 Å². The number of quaternary nitrogens is 1. The molecule has 2 unspecified atom stereocenters. The van der Waals surface area contributed by atoms with Crippen LogP contribution in [-0.2, 0) is 28.6 Å². The van der Waals surface area contributed by atoms with Gasteiger partial charge in [-0.2, -0.15) is 0 Å². The van der Waals surface area contributed by atoms with Crippen LogP contribution in [0.3, 0.4) is 0 Å². The second kappa shape index (κ2) is 41.1. The molecule has 0 aliphatic heterocycles. The van der Waals surface area contributed by atoms with Crippen molar-refractivity contribution in [3.8, 4) is 0 Å². The van der Waals surface area contributed by atoms with Gasteiger partial charge in [-0.15, -0.1) is 0 Å². The third-order valence-electron chi connectivity index (χ3n) is 11.5. The van der Waals surface area contributed by atoms with Crippen LogP contribution in [0.1, 0.15) is 245 Å². The van der Waals surface area contributed by atoms with Gasteiger partial charge < -0.3 is 28.6 Å². The van der Waals surface area contributed by atoms with Gasteiger partial charge in [0.25, 0.3) is 0 Å². The first kappa shape index (κ1) is 55.3. The number of unbranched alkanes of at least 4 members (excludes halogenated alkanes) is 31. The van der Waals surface area contributed by atoms with Crippen molar-refractivity contribution in [1.82, 2.24) is 0 Å². The number of esters is 2. The molecule has 338 valence electrons. The second-order valence-electron chi connectivity index (χ2n) is 18.1. The zero-order valence-corrected chi connectivity index (χ0v) is 38.5. The molecule has 8 nitrogen and oxygen atoms in total. The van der Waals surface area contributed by atoms with Crippen molar-refractivity contribution in [3.63, 3.8) is 0 Å². The molecule has 0 fully saturated rings. The fraction of sp³-hybridized carbons (Fsp3) is 0.939. The molecule has 0 aliphatic carbocycles. The van der Waals surface area contributed by atoms with Gasteiger partial charge in [0.15, 0.2) is 6.10 Å². The molecule has 0 spiro atoms. The molecule has 0 aliphatic rings. The number of hydrogen-bond acceptors (Lipinski definition) is 7. The van der Waals surface area contributed by atoms with Crippen molar-refractivity contribution < 1.29 is 38.2 Å². The van der Waals surface area contributed by atoms with Crippen LogP contribution in [0, 0.1) is 0 Å². The third kappa shape index (κ3) is 39.6. The summed E-state index contributed by atoms with van der Waals surface area (Å²) < 4.78 is 17.2. The Balaban J connectivity index is 4.08. The number of carboxylic acids is 1. The summed E-state index contributed by atoms with van der Waals surface area (Å²) in [5.74, 6) is -1.71. The van der Waals surface area contributed by atoms with Crippen LogP contribution in [-0.4, -0.2) is 75.5 Å². The maximum atomic E-state index is 12.7. The van der Waals surface area contributed by atoms with Crippen LogP contribution in [0.15, 0.2) is 0 Å². The highest BCUT2D eigenvalue weighted by atomic mass is 16.6. The number of aliphatic carboxylic acids is 1. The molecule has 0 bridgehead atoms. The molecule has 0 saturated carbocycles. The predicted molar refractivity (Wildman–Crippen MR) is 236 cm³/mol. The normalized spacial score (nSPS) is 12.8. The largest absolute Gasteiger partial charge is 0.544 e. The molecule has 0 amide bonds. The molecule has 0 radical (unpaired) electrons. The van der Waals surface area contributed by atoms with Gasteiger partial charge in [-0.3, -0.25) is 9.59 Å². The lowest BCUT2D eigenvalue weighted by molar-refractivity contribution is -0.889. The van der Waals surface area contributed by atoms with E-state index in [0.717, 1.165) is 38.5 Å². The summed E-state index contributed by atoms with van der Waals surface area (Å²) in [6.07, 6.45) is 42.8. The molecule has 57 heavy (non-hydrogen) atoms. The van der Waals surface area contributed by atoms with Crippen molar-refractivity contribution in [2.24, 2.45) is 0 Å². The van der Waals surface area contributed by atoms with E-state index in [1.807, 2.05) is 0 Å².